The maximum Gasteiger partial charge on any atom is 0.346 e. The Hall–Kier alpha value is -4.01. The molecule has 0 aliphatic carbocycles. The SMILES string of the molecule is COc1ccc(C2(C)NC(=O)N(/N=C/c3cn[nH]c3-c3ccc(F)cc3)C2=O)cc1. The van der Waals surface area contributed by atoms with Gasteiger partial charge in [0.05, 0.1) is 25.2 Å². The summed E-state index contributed by atoms with van der Waals surface area (Å²) in [5, 5.41) is 14.3. The van der Waals surface area contributed by atoms with Gasteiger partial charge >= 0.3 is 6.03 Å². The van der Waals surface area contributed by atoms with Crippen LogP contribution < -0.4 is 10.1 Å². The Kier molecular flexibility index (Phi) is 4.78. The normalized spacial score (nSPS) is 18.8. The number of aromatic nitrogens is 2. The number of aromatic amines is 1. The molecule has 1 unspecified atom stereocenters. The van der Waals surface area contributed by atoms with Crippen molar-refractivity contribution >= 4 is 18.2 Å². The number of benzene rings is 2. The number of urea groups is 1. The fourth-order valence-electron chi connectivity index (χ4n) is 3.21. The number of carbonyl (C=O) groups is 2. The molecule has 1 atom stereocenters. The minimum absolute atomic E-state index is 0.356. The number of halogens is 1. The molecule has 2 N–H and O–H groups in total. The van der Waals surface area contributed by atoms with E-state index in [2.05, 4.69) is 20.6 Å². The first-order chi connectivity index (χ1) is 14.4. The summed E-state index contributed by atoms with van der Waals surface area (Å²) in [6.45, 7) is 1.62. The first-order valence-corrected chi connectivity index (χ1v) is 9.07. The lowest BCUT2D eigenvalue weighted by atomic mass is 9.92. The minimum Gasteiger partial charge on any atom is -0.497 e. The molecular weight excluding hydrogens is 389 g/mol. The molecule has 4 rings (SSSR count). The molecule has 3 amide bonds. The molecule has 30 heavy (non-hydrogen) atoms. The molecule has 1 fully saturated rings. The first-order valence-electron chi connectivity index (χ1n) is 9.07. The topological polar surface area (TPSA) is 99.7 Å². The van der Waals surface area contributed by atoms with E-state index in [1.807, 2.05) is 0 Å². The van der Waals surface area contributed by atoms with Crippen molar-refractivity contribution in [2.45, 2.75) is 12.5 Å². The van der Waals surface area contributed by atoms with E-state index in [0.29, 0.717) is 28.1 Å². The molecule has 0 radical (unpaired) electrons. The van der Waals surface area contributed by atoms with Gasteiger partial charge < -0.3 is 10.1 Å². The van der Waals surface area contributed by atoms with Gasteiger partial charge in [0, 0.05) is 11.1 Å². The van der Waals surface area contributed by atoms with Gasteiger partial charge in [-0.3, -0.25) is 9.89 Å². The Morgan fingerprint density at radius 1 is 1.13 bits per heavy atom. The van der Waals surface area contributed by atoms with Gasteiger partial charge in [-0.1, -0.05) is 12.1 Å². The monoisotopic (exact) mass is 407 g/mol. The van der Waals surface area contributed by atoms with Crippen molar-refractivity contribution in [3.8, 4) is 17.0 Å². The molecule has 3 aromatic rings. The van der Waals surface area contributed by atoms with Crippen LogP contribution in [0.1, 0.15) is 18.1 Å². The summed E-state index contributed by atoms with van der Waals surface area (Å²) >= 11 is 0. The second-order valence-corrected chi connectivity index (χ2v) is 6.85. The Balaban J connectivity index is 1.59. The van der Waals surface area contributed by atoms with Crippen LogP contribution in [0.2, 0.25) is 0 Å². The maximum atomic E-state index is 13.2. The number of imide groups is 1. The summed E-state index contributed by atoms with van der Waals surface area (Å²) in [6.07, 6.45) is 2.86. The summed E-state index contributed by atoms with van der Waals surface area (Å²) in [5.74, 6) is -0.228. The quantitative estimate of drug-likeness (QED) is 0.502. The van der Waals surface area contributed by atoms with Crippen LogP contribution in [0.15, 0.2) is 59.8 Å². The van der Waals surface area contributed by atoms with Crippen LogP contribution in [0, 0.1) is 5.82 Å². The molecule has 1 aromatic heterocycles. The standard InChI is InChI=1S/C21H18FN5O3/c1-21(15-5-9-17(30-2)10-6-15)19(28)27(20(29)25-21)24-12-14-11-23-26-18(14)13-3-7-16(22)8-4-13/h3-12H,1-2H3,(H,23,26)(H,25,29)/b24-12+. The van der Waals surface area contributed by atoms with Crippen LogP contribution in [0.3, 0.4) is 0 Å². The molecule has 2 aromatic carbocycles. The number of nitrogens with zero attached hydrogens (tertiary/aromatic N) is 3. The number of hydrogen-bond acceptors (Lipinski definition) is 5. The van der Waals surface area contributed by atoms with Crippen LogP contribution in [-0.2, 0) is 10.3 Å². The zero-order valence-electron chi connectivity index (χ0n) is 16.2. The number of ether oxygens (including phenoxy) is 1. The van der Waals surface area contributed by atoms with E-state index in [4.69, 9.17) is 4.74 Å². The molecule has 1 aliphatic rings. The average molecular weight is 407 g/mol. The lowest BCUT2D eigenvalue weighted by Gasteiger charge is -2.21. The molecule has 0 spiro atoms. The summed E-state index contributed by atoms with van der Waals surface area (Å²) in [5.41, 5.74) is 1.17. The van der Waals surface area contributed by atoms with Gasteiger partial charge in [0.2, 0.25) is 0 Å². The second-order valence-electron chi connectivity index (χ2n) is 6.85. The number of nitrogens with one attached hydrogen (secondary N) is 2. The molecule has 152 valence electrons. The third-order valence-corrected chi connectivity index (χ3v) is 4.95. The number of rotatable bonds is 5. The molecule has 8 nitrogen and oxygen atoms in total. The van der Waals surface area contributed by atoms with Crippen LogP contribution in [0.25, 0.3) is 11.3 Å². The van der Waals surface area contributed by atoms with Gasteiger partial charge in [-0.2, -0.15) is 10.2 Å². The highest BCUT2D eigenvalue weighted by atomic mass is 19.1. The van der Waals surface area contributed by atoms with E-state index in [-0.39, 0.29) is 5.82 Å². The number of carbonyl (C=O) groups excluding carboxylic acids is 2. The summed E-state index contributed by atoms with van der Waals surface area (Å²) in [7, 11) is 1.55. The summed E-state index contributed by atoms with van der Waals surface area (Å²) in [4.78, 5) is 25.4. The summed E-state index contributed by atoms with van der Waals surface area (Å²) in [6, 6.07) is 12.1. The predicted octanol–water partition coefficient (Wildman–Crippen LogP) is 3.03. The molecule has 1 aliphatic heterocycles. The highest BCUT2D eigenvalue weighted by Crippen LogP contribution is 2.30. The highest BCUT2D eigenvalue weighted by molar-refractivity contribution is 6.07. The minimum atomic E-state index is -1.25. The van der Waals surface area contributed by atoms with E-state index in [9.17, 15) is 14.0 Å². The number of hydrogen-bond donors (Lipinski definition) is 2. The van der Waals surface area contributed by atoms with Crippen molar-refractivity contribution < 1.29 is 18.7 Å². The van der Waals surface area contributed by atoms with E-state index in [0.717, 1.165) is 5.01 Å². The van der Waals surface area contributed by atoms with Gasteiger partial charge in [-0.25, -0.2) is 9.18 Å². The summed E-state index contributed by atoms with van der Waals surface area (Å²) < 4.78 is 18.3. The molecule has 1 saturated heterocycles. The van der Waals surface area contributed by atoms with Crippen molar-refractivity contribution in [1.29, 1.82) is 0 Å². The highest BCUT2D eigenvalue weighted by Gasteiger charge is 2.49. The van der Waals surface area contributed by atoms with Crippen LogP contribution in [-0.4, -0.2) is 40.5 Å². The third-order valence-electron chi connectivity index (χ3n) is 4.95. The van der Waals surface area contributed by atoms with Crippen molar-refractivity contribution in [3.63, 3.8) is 0 Å². The van der Waals surface area contributed by atoms with Gasteiger partial charge in [0.25, 0.3) is 5.91 Å². The maximum absolute atomic E-state index is 13.2. The Morgan fingerprint density at radius 2 is 1.83 bits per heavy atom. The molecule has 0 bridgehead atoms. The zero-order valence-corrected chi connectivity index (χ0v) is 16.2. The number of methoxy groups -OCH3 is 1. The fourth-order valence-corrected chi connectivity index (χ4v) is 3.21. The van der Waals surface area contributed by atoms with E-state index in [1.54, 1.807) is 50.4 Å². The number of hydrazone groups is 1. The zero-order chi connectivity index (χ0) is 21.3. The van der Waals surface area contributed by atoms with E-state index >= 15 is 0 Å². The van der Waals surface area contributed by atoms with Gasteiger partial charge in [-0.05, 0) is 48.9 Å². The smallest absolute Gasteiger partial charge is 0.346 e. The predicted molar refractivity (Wildman–Crippen MR) is 107 cm³/mol. The first kappa shape index (κ1) is 19.3. The lowest BCUT2D eigenvalue weighted by molar-refractivity contribution is -0.131. The lowest BCUT2D eigenvalue weighted by Crippen LogP contribution is -2.40. The molecule has 9 heteroatoms. The van der Waals surface area contributed by atoms with Crippen LogP contribution >= 0.6 is 0 Å². The van der Waals surface area contributed by atoms with Crippen molar-refractivity contribution in [2.24, 2.45) is 5.10 Å². The van der Waals surface area contributed by atoms with E-state index < -0.39 is 17.5 Å². The number of H-pyrrole nitrogens is 1. The Labute approximate surface area is 171 Å². The Morgan fingerprint density at radius 3 is 2.50 bits per heavy atom. The van der Waals surface area contributed by atoms with Gasteiger partial charge in [0.15, 0.2) is 0 Å². The molecule has 0 saturated carbocycles. The van der Waals surface area contributed by atoms with Crippen LogP contribution in [0.4, 0.5) is 9.18 Å². The fraction of sp³-hybridized carbons (Fsp3) is 0.143. The Bertz CT molecular complexity index is 1120. The molecule has 2 heterocycles. The van der Waals surface area contributed by atoms with Crippen molar-refractivity contribution in [1.82, 2.24) is 20.5 Å². The van der Waals surface area contributed by atoms with E-state index in [1.165, 1.54) is 24.5 Å². The average Bonchev–Trinajstić information content (AvgIpc) is 3.30. The van der Waals surface area contributed by atoms with Crippen molar-refractivity contribution in [2.75, 3.05) is 7.11 Å². The van der Waals surface area contributed by atoms with Crippen molar-refractivity contribution in [3.05, 3.63) is 71.7 Å². The largest absolute Gasteiger partial charge is 0.497 e. The second kappa shape index (κ2) is 7.43. The third kappa shape index (κ3) is 3.30. The molecular formula is C21H18FN5O3. The van der Waals surface area contributed by atoms with Crippen LogP contribution in [0.5, 0.6) is 5.75 Å². The number of amides is 3. The van der Waals surface area contributed by atoms with Gasteiger partial charge in [-0.15, -0.1) is 5.01 Å². The van der Waals surface area contributed by atoms with Gasteiger partial charge in [0.1, 0.15) is 17.1 Å².